The number of nitrogens with one attached hydrogen (secondary N) is 2. The molecule has 0 bridgehead atoms. The number of benzene rings is 1. The molecular weight excluding hydrogens is 274 g/mol. The second-order valence-corrected chi connectivity index (χ2v) is 5.36. The predicted molar refractivity (Wildman–Crippen MR) is 85.7 cm³/mol. The second kappa shape index (κ2) is 8.69. The summed E-state index contributed by atoms with van der Waals surface area (Å²) in [4.78, 5) is 4.19. The number of halogens is 1. The van der Waals surface area contributed by atoms with Crippen molar-refractivity contribution in [2.24, 2.45) is 10.9 Å². The van der Waals surface area contributed by atoms with E-state index < -0.39 is 0 Å². The van der Waals surface area contributed by atoms with E-state index in [1.54, 1.807) is 7.05 Å². The number of guanidine groups is 1. The van der Waals surface area contributed by atoms with Gasteiger partial charge in [0.15, 0.2) is 5.96 Å². The second-order valence-electron chi connectivity index (χ2n) is 4.95. The minimum absolute atomic E-state index is 0.366. The van der Waals surface area contributed by atoms with Crippen LogP contribution in [0.4, 0.5) is 0 Å². The third-order valence-corrected chi connectivity index (χ3v) is 3.39. The Hall–Kier alpha value is -1.42. The van der Waals surface area contributed by atoms with E-state index in [0.29, 0.717) is 35.9 Å². The molecule has 4 nitrogen and oxygen atoms in total. The maximum atomic E-state index is 6.02. The molecule has 2 N–H and O–H groups in total. The van der Waals surface area contributed by atoms with Crippen LogP contribution in [0.2, 0.25) is 5.02 Å². The molecule has 0 aliphatic rings. The molecule has 0 radical (unpaired) electrons. The van der Waals surface area contributed by atoms with Crippen LogP contribution in [-0.2, 0) is 0 Å². The highest BCUT2D eigenvalue weighted by molar-refractivity contribution is 6.32. The molecule has 1 rings (SSSR count). The van der Waals surface area contributed by atoms with Crippen LogP contribution >= 0.6 is 11.6 Å². The summed E-state index contributed by atoms with van der Waals surface area (Å²) < 4.78 is 5.61. The number of nitrogens with zero attached hydrogens (tertiary/aromatic N) is 1. The van der Waals surface area contributed by atoms with Gasteiger partial charge in [0.25, 0.3) is 0 Å². The first-order valence-corrected chi connectivity index (χ1v) is 7.27. The molecular formula is C15H24ClN3O. The van der Waals surface area contributed by atoms with Crippen molar-refractivity contribution in [1.29, 1.82) is 0 Å². The number of hydrogen-bond acceptors (Lipinski definition) is 2. The normalized spacial score (nSPS) is 13.2. The highest BCUT2D eigenvalue weighted by atomic mass is 35.5. The predicted octanol–water partition coefficient (Wildman–Crippen LogP) is 2.93. The minimum atomic E-state index is 0.366. The molecule has 1 unspecified atom stereocenters. The zero-order valence-corrected chi connectivity index (χ0v) is 13.4. The van der Waals surface area contributed by atoms with E-state index in [2.05, 4.69) is 36.4 Å². The van der Waals surface area contributed by atoms with Crippen molar-refractivity contribution in [3.05, 3.63) is 29.3 Å². The van der Waals surface area contributed by atoms with Crippen LogP contribution in [0.5, 0.6) is 5.75 Å². The Morgan fingerprint density at radius 3 is 2.60 bits per heavy atom. The van der Waals surface area contributed by atoms with Crippen molar-refractivity contribution in [2.45, 2.75) is 26.8 Å². The fourth-order valence-corrected chi connectivity index (χ4v) is 1.66. The first kappa shape index (κ1) is 16.6. The molecule has 0 saturated carbocycles. The summed E-state index contributed by atoms with van der Waals surface area (Å²) in [5, 5.41) is 7.18. The summed E-state index contributed by atoms with van der Waals surface area (Å²) in [5.41, 5.74) is 0. The van der Waals surface area contributed by atoms with Gasteiger partial charge in [-0.15, -0.1) is 0 Å². The number of rotatable bonds is 6. The van der Waals surface area contributed by atoms with Gasteiger partial charge in [0.1, 0.15) is 12.4 Å². The van der Waals surface area contributed by atoms with E-state index in [1.165, 1.54) is 0 Å². The summed E-state index contributed by atoms with van der Waals surface area (Å²) in [6.07, 6.45) is 0. The quantitative estimate of drug-likeness (QED) is 0.482. The molecule has 0 fully saturated rings. The van der Waals surface area contributed by atoms with Crippen LogP contribution in [0.15, 0.2) is 29.3 Å². The Morgan fingerprint density at radius 2 is 2.00 bits per heavy atom. The molecule has 0 spiro atoms. The van der Waals surface area contributed by atoms with Crippen LogP contribution in [0.25, 0.3) is 0 Å². The van der Waals surface area contributed by atoms with Gasteiger partial charge in [0, 0.05) is 13.1 Å². The van der Waals surface area contributed by atoms with Crippen molar-refractivity contribution in [3.8, 4) is 5.75 Å². The Kier molecular flexibility index (Phi) is 7.23. The molecule has 1 aromatic carbocycles. The Bertz CT molecular complexity index is 435. The van der Waals surface area contributed by atoms with Crippen LogP contribution in [-0.4, -0.2) is 32.2 Å². The average Bonchev–Trinajstić information content (AvgIpc) is 2.43. The van der Waals surface area contributed by atoms with Gasteiger partial charge in [0.2, 0.25) is 0 Å². The topological polar surface area (TPSA) is 45.7 Å². The van der Waals surface area contributed by atoms with Crippen molar-refractivity contribution < 1.29 is 4.74 Å². The lowest BCUT2D eigenvalue weighted by Crippen LogP contribution is -2.45. The monoisotopic (exact) mass is 297 g/mol. The summed E-state index contributed by atoms with van der Waals surface area (Å²) in [5.74, 6) is 2.04. The van der Waals surface area contributed by atoms with Gasteiger partial charge < -0.3 is 15.4 Å². The molecule has 1 aromatic rings. The van der Waals surface area contributed by atoms with E-state index in [-0.39, 0.29) is 0 Å². The third-order valence-electron chi connectivity index (χ3n) is 3.08. The fraction of sp³-hybridized carbons (Fsp3) is 0.533. The summed E-state index contributed by atoms with van der Waals surface area (Å²) in [6.45, 7) is 7.67. The van der Waals surface area contributed by atoms with Crippen LogP contribution in [0.1, 0.15) is 20.8 Å². The number of ether oxygens (including phenoxy) is 1. The lowest BCUT2D eigenvalue weighted by atomic mass is 10.1. The van der Waals surface area contributed by atoms with Crippen molar-refractivity contribution in [1.82, 2.24) is 10.6 Å². The molecule has 0 amide bonds. The smallest absolute Gasteiger partial charge is 0.191 e. The molecule has 0 aromatic heterocycles. The van der Waals surface area contributed by atoms with E-state index in [1.807, 2.05) is 24.3 Å². The molecule has 5 heteroatoms. The fourth-order valence-electron chi connectivity index (χ4n) is 1.47. The number of para-hydroxylation sites is 1. The third kappa shape index (κ3) is 5.70. The standard InChI is InChI=1S/C15H24ClN3O/c1-11(2)12(3)19-15(17-4)18-9-10-20-14-8-6-5-7-13(14)16/h5-8,11-12H,9-10H2,1-4H3,(H2,17,18,19). The van der Waals surface area contributed by atoms with Crippen molar-refractivity contribution in [3.63, 3.8) is 0 Å². The molecule has 20 heavy (non-hydrogen) atoms. The Labute approximate surface area is 126 Å². The first-order chi connectivity index (χ1) is 9.54. The average molecular weight is 298 g/mol. The van der Waals surface area contributed by atoms with Gasteiger partial charge in [-0.05, 0) is 25.0 Å². The summed E-state index contributed by atoms with van der Waals surface area (Å²) in [6, 6.07) is 7.82. The zero-order chi connectivity index (χ0) is 15.0. The number of aliphatic imine (C=N–C) groups is 1. The van der Waals surface area contributed by atoms with E-state index in [9.17, 15) is 0 Å². The van der Waals surface area contributed by atoms with Crippen LogP contribution < -0.4 is 15.4 Å². The SMILES string of the molecule is CN=C(NCCOc1ccccc1Cl)NC(C)C(C)C. The largest absolute Gasteiger partial charge is 0.490 e. The van der Waals surface area contributed by atoms with Gasteiger partial charge in [-0.2, -0.15) is 0 Å². The summed E-state index contributed by atoms with van der Waals surface area (Å²) >= 11 is 6.02. The molecule has 0 aliphatic carbocycles. The van der Waals surface area contributed by atoms with Crippen molar-refractivity contribution in [2.75, 3.05) is 20.2 Å². The number of hydrogen-bond donors (Lipinski definition) is 2. The summed E-state index contributed by atoms with van der Waals surface area (Å²) in [7, 11) is 1.76. The van der Waals surface area contributed by atoms with Crippen molar-refractivity contribution >= 4 is 17.6 Å². The lowest BCUT2D eigenvalue weighted by Gasteiger charge is -2.20. The lowest BCUT2D eigenvalue weighted by molar-refractivity contribution is 0.321. The van der Waals surface area contributed by atoms with Gasteiger partial charge in [-0.3, -0.25) is 4.99 Å². The van der Waals surface area contributed by atoms with E-state index >= 15 is 0 Å². The van der Waals surface area contributed by atoms with Gasteiger partial charge in [0.05, 0.1) is 11.6 Å². The molecule has 112 valence electrons. The van der Waals surface area contributed by atoms with Gasteiger partial charge >= 0.3 is 0 Å². The zero-order valence-electron chi connectivity index (χ0n) is 12.6. The molecule has 1 atom stereocenters. The highest BCUT2D eigenvalue weighted by Gasteiger charge is 2.08. The Balaban J connectivity index is 2.31. The van der Waals surface area contributed by atoms with Gasteiger partial charge in [-0.25, -0.2) is 0 Å². The molecule has 0 aliphatic heterocycles. The van der Waals surface area contributed by atoms with Crippen LogP contribution in [0, 0.1) is 5.92 Å². The highest BCUT2D eigenvalue weighted by Crippen LogP contribution is 2.22. The minimum Gasteiger partial charge on any atom is -0.490 e. The molecule has 0 saturated heterocycles. The van der Waals surface area contributed by atoms with E-state index in [0.717, 1.165) is 5.96 Å². The van der Waals surface area contributed by atoms with E-state index in [4.69, 9.17) is 16.3 Å². The Morgan fingerprint density at radius 1 is 1.30 bits per heavy atom. The first-order valence-electron chi connectivity index (χ1n) is 6.89. The maximum absolute atomic E-state index is 6.02. The molecule has 0 heterocycles. The van der Waals surface area contributed by atoms with Crippen LogP contribution in [0.3, 0.4) is 0 Å². The maximum Gasteiger partial charge on any atom is 0.191 e. The van der Waals surface area contributed by atoms with Gasteiger partial charge in [-0.1, -0.05) is 37.6 Å².